The Morgan fingerprint density at radius 3 is 2.65 bits per heavy atom. The van der Waals surface area contributed by atoms with Gasteiger partial charge < -0.3 is 19.5 Å². The molecular formula is C21H25NO4. The minimum atomic E-state index is -0.219. The second kappa shape index (κ2) is 10.1. The molecule has 0 aliphatic rings. The molecule has 0 aliphatic heterocycles. The molecule has 0 radical (unpaired) electrons. The van der Waals surface area contributed by atoms with Crippen molar-refractivity contribution in [2.45, 2.75) is 20.3 Å². The third-order valence-electron chi connectivity index (χ3n) is 3.49. The average molecular weight is 355 g/mol. The van der Waals surface area contributed by atoms with Crippen molar-refractivity contribution in [2.75, 3.05) is 25.6 Å². The highest BCUT2D eigenvalue weighted by atomic mass is 16.5. The number of ether oxygens (including phenoxy) is 3. The van der Waals surface area contributed by atoms with Gasteiger partial charge in [-0.2, -0.15) is 0 Å². The van der Waals surface area contributed by atoms with Gasteiger partial charge in [-0.3, -0.25) is 4.79 Å². The zero-order valence-electron chi connectivity index (χ0n) is 15.5. The van der Waals surface area contributed by atoms with Crippen LogP contribution in [0.2, 0.25) is 0 Å². The molecule has 0 aromatic heterocycles. The minimum Gasteiger partial charge on any atom is -0.494 e. The number of nitrogens with one attached hydrogen (secondary N) is 1. The summed E-state index contributed by atoms with van der Waals surface area (Å²) in [5.74, 6) is 1.85. The summed E-state index contributed by atoms with van der Waals surface area (Å²) in [7, 11) is 1.60. The van der Waals surface area contributed by atoms with Crippen LogP contribution in [0.4, 0.5) is 5.69 Å². The van der Waals surface area contributed by atoms with Gasteiger partial charge in [0.2, 0.25) is 5.91 Å². The molecule has 5 nitrogen and oxygen atoms in total. The molecule has 2 aromatic carbocycles. The van der Waals surface area contributed by atoms with Crippen LogP contribution in [0.25, 0.3) is 6.08 Å². The normalized spacial score (nSPS) is 10.6. The van der Waals surface area contributed by atoms with Crippen LogP contribution in [0.3, 0.4) is 0 Å². The van der Waals surface area contributed by atoms with Crippen LogP contribution in [0.15, 0.2) is 48.5 Å². The van der Waals surface area contributed by atoms with E-state index in [2.05, 4.69) is 5.32 Å². The monoisotopic (exact) mass is 355 g/mol. The summed E-state index contributed by atoms with van der Waals surface area (Å²) < 4.78 is 16.4. The number of anilines is 1. The summed E-state index contributed by atoms with van der Waals surface area (Å²) in [6.07, 6.45) is 4.14. The first-order valence-corrected chi connectivity index (χ1v) is 8.69. The SMILES string of the molecule is CCCOc1ccc(C=CC(=O)Nc2cccc(OCC)c2)cc1OC. The van der Waals surface area contributed by atoms with E-state index in [1.54, 1.807) is 19.3 Å². The van der Waals surface area contributed by atoms with Gasteiger partial charge in [0, 0.05) is 17.8 Å². The zero-order valence-corrected chi connectivity index (χ0v) is 15.5. The highest BCUT2D eigenvalue weighted by molar-refractivity contribution is 6.02. The van der Waals surface area contributed by atoms with E-state index in [0.717, 1.165) is 17.7 Å². The summed E-state index contributed by atoms with van der Waals surface area (Å²) in [5.41, 5.74) is 1.54. The van der Waals surface area contributed by atoms with Gasteiger partial charge in [0.25, 0.3) is 0 Å². The lowest BCUT2D eigenvalue weighted by molar-refractivity contribution is -0.111. The Bertz CT molecular complexity index is 755. The van der Waals surface area contributed by atoms with Gasteiger partial charge in [0.05, 0.1) is 20.3 Å². The van der Waals surface area contributed by atoms with E-state index >= 15 is 0 Å². The van der Waals surface area contributed by atoms with Crippen LogP contribution in [-0.4, -0.2) is 26.2 Å². The van der Waals surface area contributed by atoms with Crippen LogP contribution in [0, 0.1) is 0 Å². The maximum atomic E-state index is 12.1. The molecule has 1 N–H and O–H groups in total. The van der Waals surface area contributed by atoms with E-state index in [4.69, 9.17) is 14.2 Å². The van der Waals surface area contributed by atoms with Crippen molar-refractivity contribution in [1.29, 1.82) is 0 Å². The number of rotatable bonds is 9. The van der Waals surface area contributed by atoms with Gasteiger partial charge in [-0.25, -0.2) is 0 Å². The quantitative estimate of drug-likeness (QED) is 0.671. The standard InChI is InChI=1S/C21H25NO4/c1-4-13-26-19-11-9-16(14-20(19)24-3)10-12-21(23)22-17-7-6-8-18(15-17)25-5-2/h6-12,14-15H,4-5,13H2,1-3H3,(H,22,23). The maximum Gasteiger partial charge on any atom is 0.248 e. The fourth-order valence-corrected chi connectivity index (χ4v) is 2.31. The topological polar surface area (TPSA) is 56.8 Å². The van der Waals surface area contributed by atoms with E-state index in [9.17, 15) is 4.79 Å². The molecule has 0 spiro atoms. The van der Waals surface area contributed by atoms with Crippen LogP contribution < -0.4 is 19.5 Å². The number of carbonyl (C=O) groups is 1. The lowest BCUT2D eigenvalue weighted by atomic mass is 10.2. The van der Waals surface area contributed by atoms with Gasteiger partial charge in [-0.05, 0) is 49.2 Å². The molecule has 1 amide bonds. The van der Waals surface area contributed by atoms with Crippen molar-refractivity contribution in [3.05, 3.63) is 54.1 Å². The van der Waals surface area contributed by atoms with Crippen molar-refractivity contribution < 1.29 is 19.0 Å². The van der Waals surface area contributed by atoms with Crippen molar-refractivity contribution in [1.82, 2.24) is 0 Å². The number of benzene rings is 2. The van der Waals surface area contributed by atoms with Crippen molar-refractivity contribution in [2.24, 2.45) is 0 Å². The van der Waals surface area contributed by atoms with Crippen LogP contribution in [-0.2, 0) is 4.79 Å². The smallest absolute Gasteiger partial charge is 0.248 e. The molecule has 0 unspecified atom stereocenters. The molecule has 5 heteroatoms. The highest BCUT2D eigenvalue weighted by Crippen LogP contribution is 2.28. The fourth-order valence-electron chi connectivity index (χ4n) is 2.31. The van der Waals surface area contributed by atoms with E-state index in [-0.39, 0.29) is 5.91 Å². The predicted octanol–water partition coefficient (Wildman–Crippen LogP) is 4.53. The number of hydrogen-bond donors (Lipinski definition) is 1. The summed E-state index contributed by atoms with van der Waals surface area (Å²) in [6.45, 7) is 5.18. The average Bonchev–Trinajstić information content (AvgIpc) is 2.65. The van der Waals surface area contributed by atoms with E-state index in [1.165, 1.54) is 6.08 Å². The Kier molecular flexibility index (Phi) is 7.55. The van der Waals surface area contributed by atoms with Gasteiger partial charge in [-0.1, -0.05) is 19.1 Å². The summed E-state index contributed by atoms with van der Waals surface area (Å²) in [5, 5.41) is 2.82. The third kappa shape index (κ3) is 5.84. The van der Waals surface area contributed by atoms with Gasteiger partial charge in [-0.15, -0.1) is 0 Å². The number of amides is 1. The van der Waals surface area contributed by atoms with Gasteiger partial charge in [0.1, 0.15) is 5.75 Å². The number of carbonyl (C=O) groups excluding carboxylic acids is 1. The van der Waals surface area contributed by atoms with Crippen molar-refractivity contribution in [3.63, 3.8) is 0 Å². The molecule has 0 heterocycles. The highest BCUT2D eigenvalue weighted by Gasteiger charge is 2.05. The Morgan fingerprint density at radius 1 is 1.08 bits per heavy atom. The largest absolute Gasteiger partial charge is 0.494 e. The van der Waals surface area contributed by atoms with E-state index in [0.29, 0.717) is 30.4 Å². The molecule has 2 aromatic rings. The molecule has 0 atom stereocenters. The predicted molar refractivity (Wildman–Crippen MR) is 104 cm³/mol. The molecule has 0 aliphatic carbocycles. The minimum absolute atomic E-state index is 0.219. The Hall–Kier alpha value is -2.95. The van der Waals surface area contributed by atoms with Crippen molar-refractivity contribution >= 4 is 17.7 Å². The Balaban J connectivity index is 2.02. The number of methoxy groups -OCH3 is 1. The molecule has 2 rings (SSSR count). The van der Waals surface area contributed by atoms with E-state index in [1.807, 2.05) is 50.2 Å². The summed E-state index contributed by atoms with van der Waals surface area (Å²) in [6, 6.07) is 12.9. The Morgan fingerprint density at radius 2 is 1.92 bits per heavy atom. The number of hydrogen-bond acceptors (Lipinski definition) is 4. The van der Waals surface area contributed by atoms with Crippen LogP contribution in [0.5, 0.6) is 17.2 Å². The molecular weight excluding hydrogens is 330 g/mol. The first kappa shape index (κ1) is 19.4. The molecule has 26 heavy (non-hydrogen) atoms. The first-order chi connectivity index (χ1) is 12.7. The molecule has 0 saturated carbocycles. The third-order valence-corrected chi connectivity index (χ3v) is 3.49. The molecule has 0 bridgehead atoms. The molecule has 0 fully saturated rings. The molecule has 138 valence electrons. The van der Waals surface area contributed by atoms with Crippen molar-refractivity contribution in [3.8, 4) is 17.2 Å². The first-order valence-electron chi connectivity index (χ1n) is 8.69. The Labute approximate surface area is 154 Å². The summed E-state index contributed by atoms with van der Waals surface area (Å²) >= 11 is 0. The second-order valence-electron chi connectivity index (χ2n) is 5.54. The second-order valence-corrected chi connectivity index (χ2v) is 5.54. The van der Waals surface area contributed by atoms with E-state index < -0.39 is 0 Å². The fraction of sp³-hybridized carbons (Fsp3) is 0.286. The zero-order chi connectivity index (χ0) is 18.8. The van der Waals surface area contributed by atoms with Crippen LogP contribution >= 0.6 is 0 Å². The lowest BCUT2D eigenvalue weighted by Gasteiger charge is -2.10. The van der Waals surface area contributed by atoms with Crippen LogP contribution in [0.1, 0.15) is 25.8 Å². The summed E-state index contributed by atoms with van der Waals surface area (Å²) in [4.78, 5) is 12.1. The molecule has 0 saturated heterocycles. The van der Waals surface area contributed by atoms with Gasteiger partial charge in [0.15, 0.2) is 11.5 Å². The van der Waals surface area contributed by atoms with Gasteiger partial charge >= 0.3 is 0 Å². The maximum absolute atomic E-state index is 12.1. The lowest BCUT2D eigenvalue weighted by Crippen LogP contribution is -2.07.